The summed E-state index contributed by atoms with van der Waals surface area (Å²) in [5.74, 6) is -0.152. The van der Waals surface area contributed by atoms with Crippen LogP contribution in [0.3, 0.4) is 0 Å². The van der Waals surface area contributed by atoms with Crippen LogP contribution in [0.1, 0.15) is 31.2 Å². The average molecular weight is 233 g/mol. The Morgan fingerprint density at radius 3 is 2.76 bits per heavy atom. The predicted molar refractivity (Wildman–Crippen MR) is 67.1 cm³/mol. The molecular formula is C14H19NO2. The van der Waals surface area contributed by atoms with Gasteiger partial charge in [-0.05, 0) is 24.8 Å². The molecule has 1 heterocycles. The van der Waals surface area contributed by atoms with Gasteiger partial charge in [0.25, 0.3) is 0 Å². The van der Waals surface area contributed by atoms with Gasteiger partial charge in [0, 0.05) is 19.1 Å². The molecule has 0 saturated carbocycles. The fraction of sp³-hybridized carbons (Fsp3) is 0.500. The smallest absolute Gasteiger partial charge is 0.304 e. The van der Waals surface area contributed by atoms with Gasteiger partial charge < -0.3 is 5.11 Å². The van der Waals surface area contributed by atoms with Crippen LogP contribution in [-0.4, -0.2) is 35.1 Å². The van der Waals surface area contributed by atoms with E-state index in [1.807, 2.05) is 6.07 Å². The van der Waals surface area contributed by atoms with Crippen LogP contribution in [-0.2, 0) is 4.79 Å². The fourth-order valence-electron chi connectivity index (χ4n) is 2.62. The Morgan fingerprint density at radius 2 is 2.12 bits per heavy atom. The fourth-order valence-corrected chi connectivity index (χ4v) is 2.62. The number of hydrogen-bond donors (Lipinski definition) is 1. The van der Waals surface area contributed by atoms with Gasteiger partial charge in [-0.1, -0.05) is 30.3 Å². The summed E-state index contributed by atoms with van der Waals surface area (Å²) in [5.41, 5.74) is 1.37. The lowest BCUT2D eigenvalue weighted by Gasteiger charge is -2.19. The van der Waals surface area contributed by atoms with E-state index >= 15 is 0 Å². The molecule has 0 bridgehead atoms. The molecule has 17 heavy (non-hydrogen) atoms. The molecule has 2 rings (SSSR count). The van der Waals surface area contributed by atoms with Gasteiger partial charge in [-0.3, -0.25) is 9.69 Å². The third-order valence-corrected chi connectivity index (χ3v) is 3.59. The van der Waals surface area contributed by atoms with Gasteiger partial charge in [0.15, 0.2) is 0 Å². The normalized spacial score (nSPS) is 25.0. The summed E-state index contributed by atoms with van der Waals surface area (Å²) >= 11 is 0. The second-order valence-corrected chi connectivity index (χ2v) is 4.83. The molecule has 0 radical (unpaired) electrons. The first kappa shape index (κ1) is 12.1. The zero-order valence-electron chi connectivity index (χ0n) is 10.2. The van der Waals surface area contributed by atoms with Crippen LogP contribution in [0.15, 0.2) is 30.3 Å². The minimum Gasteiger partial charge on any atom is -0.481 e. The lowest BCUT2D eigenvalue weighted by molar-refractivity contribution is -0.137. The van der Waals surface area contributed by atoms with E-state index in [1.54, 1.807) is 0 Å². The number of carbonyl (C=O) groups is 1. The largest absolute Gasteiger partial charge is 0.481 e. The molecule has 92 valence electrons. The zero-order valence-corrected chi connectivity index (χ0v) is 10.2. The first-order valence-corrected chi connectivity index (χ1v) is 6.17. The summed E-state index contributed by atoms with van der Waals surface area (Å²) in [5, 5.41) is 8.72. The molecule has 0 spiro atoms. The highest BCUT2D eigenvalue weighted by atomic mass is 16.4. The van der Waals surface area contributed by atoms with Gasteiger partial charge in [-0.15, -0.1) is 0 Å². The van der Waals surface area contributed by atoms with Crippen molar-refractivity contribution >= 4 is 5.97 Å². The third-order valence-electron chi connectivity index (χ3n) is 3.59. The molecule has 0 aliphatic carbocycles. The van der Waals surface area contributed by atoms with Crippen molar-refractivity contribution in [3.05, 3.63) is 35.9 Å². The Labute approximate surface area is 102 Å². The summed E-state index contributed by atoms with van der Waals surface area (Å²) in [4.78, 5) is 12.9. The topological polar surface area (TPSA) is 40.5 Å². The quantitative estimate of drug-likeness (QED) is 0.867. The SMILES string of the molecule is C[C@H]1C[C@H](c2ccccc2)CN1CCC(=O)O. The number of carboxylic acids is 1. The first-order chi connectivity index (χ1) is 8.16. The number of likely N-dealkylation sites (tertiary alicyclic amines) is 1. The standard InChI is InChI=1S/C14H19NO2/c1-11-9-13(12-5-3-2-4-6-12)10-15(11)8-7-14(16)17/h2-6,11,13H,7-10H2,1H3,(H,16,17)/t11-,13-/m0/s1. The van der Waals surface area contributed by atoms with Gasteiger partial charge in [0.1, 0.15) is 0 Å². The van der Waals surface area contributed by atoms with E-state index < -0.39 is 5.97 Å². The minimum absolute atomic E-state index is 0.242. The number of aliphatic carboxylic acids is 1. The van der Waals surface area contributed by atoms with E-state index in [0.717, 1.165) is 13.0 Å². The van der Waals surface area contributed by atoms with E-state index in [1.165, 1.54) is 5.56 Å². The summed E-state index contributed by atoms with van der Waals surface area (Å²) in [6.07, 6.45) is 1.37. The van der Waals surface area contributed by atoms with Crippen LogP contribution in [0.5, 0.6) is 0 Å². The molecular weight excluding hydrogens is 214 g/mol. The van der Waals surface area contributed by atoms with Crippen LogP contribution < -0.4 is 0 Å². The Kier molecular flexibility index (Phi) is 3.79. The molecule has 1 aliphatic rings. The number of benzene rings is 1. The predicted octanol–water partition coefficient (Wildman–Crippen LogP) is 2.34. The summed E-state index contributed by atoms with van der Waals surface area (Å²) in [7, 11) is 0. The van der Waals surface area contributed by atoms with E-state index in [-0.39, 0.29) is 6.42 Å². The Morgan fingerprint density at radius 1 is 1.41 bits per heavy atom. The number of rotatable bonds is 4. The highest BCUT2D eigenvalue weighted by molar-refractivity contribution is 5.66. The van der Waals surface area contributed by atoms with E-state index in [0.29, 0.717) is 18.5 Å². The lowest BCUT2D eigenvalue weighted by atomic mass is 9.97. The van der Waals surface area contributed by atoms with Crippen molar-refractivity contribution < 1.29 is 9.90 Å². The Hall–Kier alpha value is -1.35. The van der Waals surface area contributed by atoms with Crippen molar-refractivity contribution in [1.29, 1.82) is 0 Å². The summed E-state index contributed by atoms with van der Waals surface area (Å²) in [6.45, 7) is 3.84. The van der Waals surface area contributed by atoms with Gasteiger partial charge in [0.2, 0.25) is 0 Å². The Balaban J connectivity index is 1.95. The van der Waals surface area contributed by atoms with Crippen LogP contribution in [0.4, 0.5) is 0 Å². The second-order valence-electron chi connectivity index (χ2n) is 4.83. The molecule has 1 N–H and O–H groups in total. The molecule has 1 aliphatic heterocycles. The van der Waals surface area contributed by atoms with Crippen molar-refractivity contribution in [3.63, 3.8) is 0 Å². The van der Waals surface area contributed by atoms with E-state index in [9.17, 15) is 4.79 Å². The van der Waals surface area contributed by atoms with Crippen LogP contribution >= 0.6 is 0 Å². The van der Waals surface area contributed by atoms with Gasteiger partial charge in [-0.25, -0.2) is 0 Å². The lowest BCUT2D eigenvalue weighted by Crippen LogP contribution is -2.29. The molecule has 2 atom stereocenters. The molecule has 0 unspecified atom stereocenters. The maximum Gasteiger partial charge on any atom is 0.304 e. The molecule has 1 fully saturated rings. The maximum atomic E-state index is 10.6. The minimum atomic E-state index is -0.708. The highest BCUT2D eigenvalue weighted by Gasteiger charge is 2.29. The van der Waals surface area contributed by atoms with Crippen LogP contribution in [0, 0.1) is 0 Å². The molecule has 3 nitrogen and oxygen atoms in total. The van der Waals surface area contributed by atoms with Crippen molar-refractivity contribution in [1.82, 2.24) is 4.90 Å². The second kappa shape index (κ2) is 5.32. The van der Waals surface area contributed by atoms with Crippen LogP contribution in [0.25, 0.3) is 0 Å². The Bertz CT molecular complexity index is 377. The molecule has 0 amide bonds. The number of carboxylic acid groups (broad SMARTS) is 1. The van der Waals surface area contributed by atoms with Gasteiger partial charge in [0.05, 0.1) is 6.42 Å². The summed E-state index contributed by atoms with van der Waals surface area (Å²) in [6, 6.07) is 11.0. The number of hydrogen-bond acceptors (Lipinski definition) is 2. The molecule has 3 heteroatoms. The zero-order chi connectivity index (χ0) is 12.3. The van der Waals surface area contributed by atoms with Crippen molar-refractivity contribution in [2.75, 3.05) is 13.1 Å². The average Bonchev–Trinajstić information content (AvgIpc) is 2.69. The first-order valence-electron chi connectivity index (χ1n) is 6.17. The molecule has 1 saturated heterocycles. The highest BCUT2D eigenvalue weighted by Crippen LogP contribution is 2.31. The van der Waals surface area contributed by atoms with E-state index in [2.05, 4.69) is 36.1 Å². The van der Waals surface area contributed by atoms with E-state index in [4.69, 9.17) is 5.11 Å². The number of nitrogens with zero attached hydrogens (tertiary/aromatic N) is 1. The third kappa shape index (κ3) is 3.07. The van der Waals surface area contributed by atoms with Gasteiger partial charge >= 0.3 is 5.97 Å². The maximum absolute atomic E-state index is 10.6. The molecule has 1 aromatic rings. The van der Waals surface area contributed by atoms with Crippen molar-refractivity contribution in [2.45, 2.75) is 31.7 Å². The molecule has 0 aromatic heterocycles. The summed E-state index contributed by atoms with van der Waals surface area (Å²) < 4.78 is 0. The van der Waals surface area contributed by atoms with Gasteiger partial charge in [-0.2, -0.15) is 0 Å². The molecule has 1 aromatic carbocycles. The van der Waals surface area contributed by atoms with Crippen molar-refractivity contribution in [2.24, 2.45) is 0 Å². The van der Waals surface area contributed by atoms with Crippen molar-refractivity contribution in [3.8, 4) is 0 Å². The van der Waals surface area contributed by atoms with Crippen LogP contribution in [0.2, 0.25) is 0 Å². The monoisotopic (exact) mass is 233 g/mol.